The SMILES string of the molecule is Cc1ccc(NC(=O)Cn2cccc2-c2nc(-c3ccc(Br)cc3)no2)c(C)c1. The Morgan fingerprint density at radius 1 is 1.14 bits per heavy atom. The van der Waals surface area contributed by atoms with Gasteiger partial charge in [0.1, 0.15) is 12.2 Å². The molecule has 29 heavy (non-hydrogen) atoms. The van der Waals surface area contributed by atoms with Crippen molar-refractivity contribution in [1.29, 1.82) is 0 Å². The molecule has 146 valence electrons. The molecule has 0 spiro atoms. The molecule has 0 saturated heterocycles. The van der Waals surface area contributed by atoms with Crippen LogP contribution < -0.4 is 5.32 Å². The standard InChI is InChI=1S/C22H19BrN4O2/c1-14-5-10-18(15(2)12-14)24-20(28)13-27-11-3-4-19(27)22-25-21(26-29-22)16-6-8-17(23)9-7-16/h3-12H,13H2,1-2H3,(H,24,28). The van der Waals surface area contributed by atoms with Crippen LogP contribution in [0.2, 0.25) is 0 Å². The fraction of sp³-hybridized carbons (Fsp3) is 0.136. The fourth-order valence-corrected chi connectivity index (χ4v) is 3.35. The molecule has 0 saturated carbocycles. The average molecular weight is 451 g/mol. The first kappa shape index (κ1) is 19.1. The van der Waals surface area contributed by atoms with Crippen LogP contribution in [0.15, 0.2) is 69.8 Å². The lowest BCUT2D eigenvalue weighted by Gasteiger charge is -2.10. The van der Waals surface area contributed by atoms with E-state index < -0.39 is 0 Å². The summed E-state index contributed by atoms with van der Waals surface area (Å²) in [5, 5.41) is 7.02. The lowest BCUT2D eigenvalue weighted by molar-refractivity contribution is -0.116. The van der Waals surface area contributed by atoms with Crippen molar-refractivity contribution in [2.75, 3.05) is 5.32 Å². The summed E-state index contributed by atoms with van der Waals surface area (Å²) >= 11 is 3.41. The Hall–Kier alpha value is -3.19. The van der Waals surface area contributed by atoms with Crippen LogP contribution in [0.5, 0.6) is 0 Å². The third-order valence-electron chi connectivity index (χ3n) is 4.55. The molecule has 1 amide bonds. The van der Waals surface area contributed by atoms with Gasteiger partial charge >= 0.3 is 0 Å². The Kier molecular flexibility index (Phi) is 5.31. The summed E-state index contributed by atoms with van der Waals surface area (Å²) in [6.07, 6.45) is 1.82. The van der Waals surface area contributed by atoms with Gasteiger partial charge in [0.05, 0.1) is 0 Å². The Balaban J connectivity index is 1.51. The topological polar surface area (TPSA) is 73.0 Å². The lowest BCUT2D eigenvalue weighted by atomic mass is 10.1. The van der Waals surface area contributed by atoms with Gasteiger partial charge in [0.25, 0.3) is 5.89 Å². The molecular weight excluding hydrogens is 432 g/mol. The second kappa shape index (κ2) is 8.05. The monoisotopic (exact) mass is 450 g/mol. The average Bonchev–Trinajstić information content (AvgIpc) is 3.34. The molecule has 0 aliphatic heterocycles. The van der Waals surface area contributed by atoms with Crippen molar-refractivity contribution in [3.05, 3.63) is 76.4 Å². The van der Waals surface area contributed by atoms with Crippen molar-refractivity contribution in [3.63, 3.8) is 0 Å². The first-order chi connectivity index (χ1) is 14.0. The zero-order chi connectivity index (χ0) is 20.4. The van der Waals surface area contributed by atoms with E-state index in [2.05, 4.69) is 31.4 Å². The van der Waals surface area contributed by atoms with Crippen LogP contribution in [0.4, 0.5) is 5.69 Å². The molecule has 2 aromatic heterocycles. The van der Waals surface area contributed by atoms with Crippen LogP contribution in [0, 0.1) is 13.8 Å². The highest BCUT2D eigenvalue weighted by Crippen LogP contribution is 2.24. The zero-order valence-corrected chi connectivity index (χ0v) is 17.6. The van der Waals surface area contributed by atoms with Crippen molar-refractivity contribution in [1.82, 2.24) is 14.7 Å². The predicted octanol–water partition coefficient (Wildman–Crippen LogP) is 5.22. The molecule has 0 bridgehead atoms. The number of anilines is 1. The Bertz CT molecular complexity index is 1160. The zero-order valence-electron chi connectivity index (χ0n) is 16.0. The van der Waals surface area contributed by atoms with Gasteiger partial charge in [-0.15, -0.1) is 0 Å². The number of hydrogen-bond donors (Lipinski definition) is 1. The van der Waals surface area contributed by atoms with Gasteiger partial charge in [0, 0.05) is 21.9 Å². The molecule has 4 rings (SSSR count). The van der Waals surface area contributed by atoms with Crippen molar-refractivity contribution < 1.29 is 9.32 Å². The molecule has 2 heterocycles. The van der Waals surface area contributed by atoms with Crippen LogP contribution in [0.25, 0.3) is 23.0 Å². The summed E-state index contributed by atoms with van der Waals surface area (Å²) in [5.74, 6) is 0.745. The number of halogens is 1. The third kappa shape index (κ3) is 4.30. The van der Waals surface area contributed by atoms with Gasteiger partial charge in [0.15, 0.2) is 0 Å². The minimum Gasteiger partial charge on any atom is -0.334 e. The lowest BCUT2D eigenvalue weighted by Crippen LogP contribution is -2.19. The summed E-state index contributed by atoms with van der Waals surface area (Å²) in [4.78, 5) is 17.0. The second-order valence-corrected chi connectivity index (χ2v) is 7.73. The van der Waals surface area contributed by atoms with Crippen LogP contribution in [0.1, 0.15) is 11.1 Å². The number of nitrogens with zero attached hydrogens (tertiary/aromatic N) is 3. The summed E-state index contributed by atoms with van der Waals surface area (Å²) in [6, 6.07) is 17.3. The summed E-state index contributed by atoms with van der Waals surface area (Å²) < 4.78 is 8.21. The van der Waals surface area contributed by atoms with Gasteiger partial charge < -0.3 is 14.4 Å². The maximum absolute atomic E-state index is 12.6. The maximum Gasteiger partial charge on any atom is 0.274 e. The van der Waals surface area contributed by atoms with Gasteiger partial charge in [-0.1, -0.05) is 38.8 Å². The van der Waals surface area contributed by atoms with Crippen LogP contribution in [-0.2, 0) is 11.3 Å². The molecule has 4 aromatic rings. The van der Waals surface area contributed by atoms with Gasteiger partial charge in [-0.3, -0.25) is 4.79 Å². The molecule has 7 heteroatoms. The van der Waals surface area contributed by atoms with Gasteiger partial charge in [-0.25, -0.2) is 0 Å². The molecule has 6 nitrogen and oxygen atoms in total. The van der Waals surface area contributed by atoms with Crippen molar-refractivity contribution >= 4 is 27.5 Å². The van der Waals surface area contributed by atoms with E-state index in [9.17, 15) is 4.79 Å². The minimum atomic E-state index is -0.123. The molecule has 2 aromatic carbocycles. The smallest absolute Gasteiger partial charge is 0.274 e. The maximum atomic E-state index is 12.6. The Labute approximate surface area is 176 Å². The number of aryl methyl sites for hydroxylation is 2. The van der Waals surface area contributed by atoms with Gasteiger partial charge in [-0.2, -0.15) is 4.98 Å². The molecule has 0 aliphatic carbocycles. The fourth-order valence-electron chi connectivity index (χ4n) is 3.09. The highest BCUT2D eigenvalue weighted by atomic mass is 79.9. The summed E-state index contributed by atoms with van der Waals surface area (Å²) in [7, 11) is 0. The normalized spacial score (nSPS) is 10.9. The van der Waals surface area contributed by atoms with Crippen molar-refractivity contribution in [2.45, 2.75) is 20.4 Å². The second-order valence-electron chi connectivity index (χ2n) is 6.82. The Morgan fingerprint density at radius 2 is 1.93 bits per heavy atom. The summed E-state index contributed by atoms with van der Waals surface area (Å²) in [5.41, 5.74) is 4.54. The molecule has 0 unspecified atom stereocenters. The quantitative estimate of drug-likeness (QED) is 0.452. The number of amides is 1. The number of carbonyl (C=O) groups is 1. The number of rotatable bonds is 5. The van der Waals surface area contributed by atoms with Crippen LogP contribution in [0.3, 0.4) is 0 Å². The first-order valence-corrected chi connectivity index (χ1v) is 9.91. The number of nitrogens with one attached hydrogen (secondary N) is 1. The molecule has 1 N–H and O–H groups in total. The molecule has 0 aliphatic rings. The molecule has 0 radical (unpaired) electrons. The van der Waals surface area contributed by atoms with E-state index in [1.165, 1.54) is 0 Å². The number of benzene rings is 2. The highest BCUT2D eigenvalue weighted by molar-refractivity contribution is 9.10. The number of hydrogen-bond acceptors (Lipinski definition) is 4. The molecular formula is C22H19BrN4O2. The van der Waals surface area contributed by atoms with E-state index in [1.807, 2.05) is 74.6 Å². The minimum absolute atomic E-state index is 0.123. The van der Waals surface area contributed by atoms with Gasteiger partial charge in [-0.05, 0) is 61.9 Å². The first-order valence-electron chi connectivity index (χ1n) is 9.12. The largest absolute Gasteiger partial charge is 0.334 e. The Morgan fingerprint density at radius 3 is 2.69 bits per heavy atom. The number of carbonyl (C=O) groups excluding carboxylic acids is 1. The van der Waals surface area contributed by atoms with Gasteiger partial charge in [0.2, 0.25) is 11.7 Å². The van der Waals surface area contributed by atoms with Crippen LogP contribution >= 0.6 is 15.9 Å². The van der Waals surface area contributed by atoms with Crippen LogP contribution in [-0.4, -0.2) is 20.6 Å². The third-order valence-corrected chi connectivity index (χ3v) is 5.08. The molecule has 0 fully saturated rings. The van der Waals surface area contributed by atoms with Crippen molar-refractivity contribution in [3.8, 4) is 23.0 Å². The van der Waals surface area contributed by atoms with E-state index in [0.717, 1.165) is 26.9 Å². The van der Waals surface area contributed by atoms with E-state index in [1.54, 1.807) is 4.57 Å². The van der Waals surface area contributed by atoms with E-state index in [0.29, 0.717) is 17.4 Å². The van der Waals surface area contributed by atoms with E-state index >= 15 is 0 Å². The van der Waals surface area contributed by atoms with E-state index in [4.69, 9.17) is 4.52 Å². The summed E-state index contributed by atoms with van der Waals surface area (Å²) in [6.45, 7) is 4.15. The highest BCUT2D eigenvalue weighted by Gasteiger charge is 2.16. The number of aromatic nitrogens is 3. The molecule has 0 atom stereocenters. The van der Waals surface area contributed by atoms with E-state index in [-0.39, 0.29) is 12.5 Å². The van der Waals surface area contributed by atoms with Crippen molar-refractivity contribution in [2.24, 2.45) is 0 Å². The predicted molar refractivity (Wildman–Crippen MR) is 115 cm³/mol.